The van der Waals surface area contributed by atoms with Crippen LogP contribution in [0.15, 0.2) is 0 Å². The molecule has 3 fully saturated rings. The molecule has 3 heteroatoms. The first-order chi connectivity index (χ1) is 9.16. The molecule has 114 valence electrons. The molecule has 5 atom stereocenters. The van der Waals surface area contributed by atoms with Crippen LogP contribution in [0.4, 0.5) is 0 Å². The molecular formula is C17H28O3. The third kappa shape index (κ3) is 2.18. The summed E-state index contributed by atoms with van der Waals surface area (Å²) in [6, 6.07) is 0. The van der Waals surface area contributed by atoms with Crippen molar-refractivity contribution >= 4 is 5.97 Å². The van der Waals surface area contributed by atoms with E-state index in [1.54, 1.807) is 0 Å². The molecule has 0 aromatic heterocycles. The summed E-state index contributed by atoms with van der Waals surface area (Å²) in [5.41, 5.74) is -0.0797. The largest absolute Gasteiger partial charge is 0.463 e. The van der Waals surface area contributed by atoms with Crippen LogP contribution in [0.2, 0.25) is 0 Å². The Hall–Kier alpha value is -0.570. The molecule has 3 saturated carbocycles. The predicted molar refractivity (Wildman–Crippen MR) is 77.0 cm³/mol. The smallest absolute Gasteiger partial charge is 0.302 e. The van der Waals surface area contributed by atoms with E-state index in [0.717, 1.165) is 25.2 Å². The van der Waals surface area contributed by atoms with Crippen LogP contribution in [-0.2, 0) is 9.53 Å². The van der Waals surface area contributed by atoms with Crippen LogP contribution in [0.1, 0.15) is 59.8 Å². The molecule has 0 aromatic carbocycles. The second-order valence-electron chi connectivity index (χ2n) is 8.61. The number of hydrogen-bond donors (Lipinski definition) is 1. The van der Waals surface area contributed by atoms with Gasteiger partial charge in [0.15, 0.2) is 0 Å². The molecule has 0 aromatic rings. The van der Waals surface area contributed by atoms with Crippen LogP contribution in [-0.4, -0.2) is 23.3 Å². The van der Waals surface area contributed by atoms with E-state index in [2.05, 4.69) is 20.8 Å². The van der Waals surface area contributed by atoms with Crippen molar-refractivity contribution in [1.29, 1.82) is 0 Å². The standard InChI is InChI=1S/C17H28O3/c1-11(18)20-10-17(19)6-5-13-14(17)9-15(2,3)7-12-8-16(12,13)4/h12-14,19H,5-10H2,1-4H3/t12-,13+,14-,16+,17-/m0/s1. The van der Waals surface area contributed by atoms with Crippen molar-refractivity contribution < 1.29 is 14.6 Å². The molecule has 0 saturated heterocycles. The number of esters is 1. The van der Waals surface area contributed by atoms with Crippen LogP contribution in [0, 0.1) is 28.6 Å². The summed E-state index contributed by atoms with van der Waals surface area (Å²) < 4.78 is 5.18. The molecule has 3 rings (SSSR count). The lowest BCUT2D eigenvalue weighted by Gasteiger charge is -2.37. The van der Waals surface area contributed by atoms with Crippen LogP contribution in [0.25, 0.3) is 0 Å². The van der Waals surface area contributed by atoms with Gasteiger partial charge in [0.1, 0.15) is 12.2 Å². The maximum atomic E-state index is 11.1. The van der Waals surface area contributed by atoms with Gasteiger partial charge >= 0.3 is 5.97 Å². The highest BCUT2D eigenvalue weighted by Gasteiger charge is 2.65. The van der Waals surface area contributed by atoms with Gasteiger partial charge < -0.3 is 9.84 Å². The Bertz CT molecular complexity index is 430. The minimum atomic E-state index is -0.798. The van der Waals surface area contributed by atoms with Gasteiger partial charge in [-0.25, -0.2) is 0 Å². The summed E-state index contributed by atoms with van der Waals surface area (Å²) in [6.07, 6.45) is 5.53. The third-order valence-corrected chi connectivity index (χ3v) is 6.47. The van der Waals surface area contributed by atoms with E-state index >= 15 is 0 Å². The first-order valence-electron chi connectivity index (χ1n) is 8.02. The molecule has 0 spiro atoms. The first kappa shape index (κ1) is 14.4. The van der Waals surface area contributed by atoms with Crippen molar-refractivity contribution in [1.82, 2.24) is 0 Å². The minimum Gasteiger partial charge on any atom is -0.463 e. The molecule has 3 aliphatic rings. The SMILES string of the molecule is CC(=O)OC[C@@]1(O)CC[C@@H]2[C@@H]1CC(C)(C)C[C@H]1C[C@]12C. The fourth-order valence-electron chi connectivity index (χ4n) is 5.27. The lowest BCUT2D eigenvalue weighted by molar-refractivity contribution is -0.153. The van der Waals surface area contributed by atoms with E-state index in [9.17, 15) is 9.90 Å². The molecule has 0 unspecified atom stereocenters. The molecule has 0 heterocycles. The summed E-state index contributed by atoms with van der Waals surface area (Å²) in [5.74, 6) is 1.44. The van der Waals surface area contributed by atoms with E-state index in [4.69, 9.17) is 4.74 Å². The van der Waals surface area contributed by atoms with E-state index < -0.39 is 5.60 Å². The topological polar surface area (TPSA) is 46.5 Å². The summed E-state index contributed by atoms with van der Waals surface area (Å²) in [7, 11) is 0. The number of carbonyl (C=O) groups excluding carboxylic acids is 1. The monoisotopic (exact) mass is 280 g/mol. The summed E-state index contributed by atoms with van der Waals surface area (Å²) in [4.78, 5) is 11.1. The van der Waals surface area contributed by atoms with Gasteiger partial charge in [0.05, 0.1) is 0 Å². The van der Waals surface area contributed by atoms with Crippen molar-refractivity contribution in [3.8, 4) is 0 Å². The van der Waals surface area contributed by atoms with Crippen molar-refractivity contribution in [3.05, 3.63) is 0 Å². The number of rotatable bonds is 2. The van der Waals surface area contributed by atoms with Crippen molar-refractivity contribution in [3.63, 3.8) is 0 Å². The fraction of sp³-hybridized carbons (Fsp3) is 0.941. The van der Waals surface area contributed by atoms with Crippen LogP contribution >= 0.6 is 0 Å². The molecule has 0 radical (unpaired) electrons. The van der Waals surface area contributed by atoms with Crippen LogP contribution in [0.3, 0.4) is 0 Å². The Labute approximate surface area is 122 Å². The second-order valence-corrected chi connectivity index (χ2v) is 8.61. The fourth-order valence-corrected chi connectivity index (χ4v) is 5.27. The highest BCUT2D eigenvalue weighted by Crippen LogP contribution is 2.70. The number of ether oxygens (including phenoxy) is 1. The molecule has 0 amide bonds. The average Bonchev–Trinajstić information content (AvgIpc) is 2.84. The van der Waals surface area contributed by atoms with Gasteiger partial charge in [-0.1, -0.05) is 20.8 Å². The lowest BCUT2D eigenvalue weighted by Crippen LogP contribution is -2.43. The van der Waals surface area contributed by atoms with Gasteiger partial charge in [-0.3, -0.25) is 4.79 Å². The van der Waals surface area contributed by atoms with Crippen molar-refractivity contribution in [2.75, 3.05) is 6.61 Å². The second kappa shape index (κ2) is 4.22. The molecular weight excluding hydrogens is 252 g/mol. The number of carbonyl (C=O) groups is 1. The quantitative estimate of drug-likeness (QED) is 0.790. The van der Waals surface area contributed by atoms with Crippen molar-refractivity contribution in [2.24, 2.45) is 28.6 Å². The molecule has 3 nitrogen and oxygen atoms in total. The lowest BCUT2D eigenvalue weighted by atomic mass is 9.72. The number of fused-ring (bicyclic) bond motifs is 3. The minimum absolute atomic E-state index is 0.181. The Morgan fingerprint density at radius 2 is 1.90 bits per heavy atom. The van der Waals surface area contributed by atoms with Crippen LogP contribution in [0.5, 0.6) is 0 Å². The molecule has 20 heavy (non-hydrogen) atoms. The highest BCUT2D eigenvalue weighted by atomic mass is 16.5. The third-order valence-electron chi connectivity index (χ3n) is 6.47. The molecule has 0 aliphatic heterocycles. The number of aliphatic hydroxyl groups is 1. The maximum absolute atomic E-state index is 11.1. The van der Waals surface area contributed by atoms with E-state index in [1.165, 1.54) is 19.8 Å². The highest BCUT2D eigenvalue weighted by molar-refractivity contribution is 5.65. The molecule has 0 bridgehead atoms. The first-order valence-corrected chi connectivity index (χ1v) is 8.02. The Balaban J connectivity index is 1.85. The van der Waals surface area contributed by atoms with Gasteiger partial charge in [0.25, 0.3) is 0 Å². The van der Waals surface area contributed by atoms with Crippen molar-refractivity contribution in [2.45, 2.75) is 65.4 Å². The zero-order valence-electron chi connectivity index (χ0n) is 13.2. The van der Waals surface area contributed by atoms with Gasteiger partial charge in [-0.05, 0) is 60.7 Å². The summed E-state index contributed by atoms with van der Waals surface area (Å²) >= 11 is 0. The van der Waals surface area contributed by atoms with Gasteiger partial charge in [-0.15, -0.1) is 0 Å². The predicted octanol–water partition coefficient (Wildman–Crippen LogP) is 3.15. The Morgan fingerprint density at radius 1 is 1.20 bits per heavy atom. The van der Waals surface area contributed by atoms with E-state index in [1.807, 2.05) is 0 Å². The zero-order valence-corrected chi connectivity index (χ0v) is 13.2. The Kier molecular flexibility index (Phi) is 3.03. The maximum Gasteiger partial charge on any atom is 0.302 e. The number of hydrogen-bond acceptors (Lipinski definition) is 3. The van der Waals surface area contributed by atoms with E-state index in [0.29, 0.717) is 11.3 Å². The normalized spacial score (nSPS) is 49.0. The molecule has 1 N–H and O–H groups in total. The zero-order chi connectivity index (χ0) is 14.8. The van der Waals surface area contributed by atoms with Gasteiger partial charge in [0.2, 0.25) is 0 Å². The summed E-state index contributed by atoms with van der Waals surface area (Å²) in [5, 5.41) is 11.1. The van der Waals surface area contributed by atoms with Gasteiger partial charge in [0, 0.05) is 6.92 Å². The Morgan fingerprint density at radius 3 is 2.55 bits per heavy atom. The van der Waals surface area contributed by atoms with E-state index in [-0.39, 0.29) is 23.9 Å². The summed E-state index contributed by atoms with van der Waals surface area (Å²) in [6.45, 7) is 8.68. The average molecular weight is 280 g/mol. The molecule has 3 aliphatic carbocycles. The van der Waals surface area contributed by atoms with Crippen LogP contribution < -0.4 is 0 Å². The van der Waals surface area contributed by atoms with Gasteiger partial charge in [-0.2, -0.15) is 0 Å².